The second-order valence-corrected chi connectivity index (χ2v) is 7.01. The van der Waals surface area contributed by atoms with Gasteiger partial charge >= 0.3 is 6.09 Å². The minimum atomic E-state index is -1.10. The summed E-state index contributed by atoms with van der Waals surface area (Å²) in [5.41, 5.74) is 1.89. The van der Waals surface area contributed by atoms with E-state index in [2.05, 4.69) is 20.6 Å². The van der Waals surface area contributed by atoms with Gasteiger partial charge in [-0.25, -0.2) is 9.78 Å². The topological polar surface area (TPSA) is 104 Å². The van der Waals surface area contributed by atoms with E-state index >= 15 is 0 Å². The normalized spacial score (nSPS) is 15.0. The van der Waals surface area contributed by atoms with E-state index in [4.69, 9.17) is 5.11 Å². The van der Waals surface area contributed by atoms with Crippen molar-refractivity contribution in [1.29, 1.82) is 0 Å². The first kappa shape index (κ1) is 18.1. The molecule has 2 aromatic rings. The van der Waals surface area contributed by atoms with Crippen molar-refractivity contribution < 1.29 is 14.7 Å². The van der Waals surface area contributed by atoms with Crippen molar-refractivity contribution in [3.8, 4) is 0 Å². The number of rotatable bonds is 6. The summed E-state index contributed by atoms with van der Waals surface area (Å²) < 4.78 is 0. The highest BCUT2D eigenvalue weighted by Crippen LogP contribution is 2.29. The number of carbonyl (C=O) groups is 2. The number of hydrogen-bond donors (Lipinski definition) is 3. The molecule has 0 aromatic carbocycles. The maximum absolute atomic E-state index is 12.8. The summed E-state index contributed by atoms with van der Waals surface area (Å²) in [6.07, 6.45) is 8.72. The molecule has 2 aromatic heterocycles. The molecule has 1 aliphatic carbocycles. The predicted molar refractivity (Wildman–Crippen MR) is 99.8 cm³/mol. The van der Waals surface area contributed by atoms with Crippen LogP contribution in [0.25, 0.3) is 5.57 Å². The number of thiazole rings is 1. The molecule has 0 spiro atoms. The Morgan fingerprint density at radius 3 is 2.69 bits per heavy atom. The Morgan fingerprint density at radius 1 is 1.27 bits per heavy atom. The van der Waals surface area contributed by atoms with Crippen LogP contribution in [0.3, 0.4) is 0 Å². The van der Waals surface area contributed by atoms with Crippen LogP contribution in [0, 0.1) is 5.92 Å². The highest BCUT2D eigenvalue weighted by atomic mass is 32.1. The van der Waals surface area contributed by atoms with Crippen LogP contribution in [0.5, 0.6) is 0 Å². The van der Waals surface area contributed by atoms with E-state index in [0.29, 0.717) is 27.9 Å². The summed E-state index contributed by atoms with van der Waals surface area (Å²) in [4.78, 5) is 31.7. The maximum atomic E-state index is 12.8. The van der Waals surface area contributed by atoms with Gasteiger partial charge in [-0.1, -0.05) is 25.0 Å². The first-order valence-corrected chi connectivity index (χ1v) is 9.34. The lowest BCUT2D eigenvalue weighted by Gasteiger charge is -2.11. The van der Waals surface area contributed by atoms with Gasteiger partial charge in [-0.15, -0.1) is 11.3 Å². The van der Waals surface area contributed by atoms with Crippen LogP contribution in [-0.2, 0) is 11.3 Å². The fraction of sp³-hybridized carbons (Fsp3) is 0.333. The van der Waals surface area contributed by atoms with Crippen LogP contribution in [0.1, 0.15) is 36.9 Å². The first-order valence-electron chi connectivity index (χ1n) is 8.46. The Bertz CT molecular complexity index is 781. The van der Waals surface area contributed by atoms with Gasteiger partial charge in [0.05, 0.1) is 12.2 Å². The summed E-state index contributed by atoms with van der Waals surface area (Å²) in [5, 5.41) is 16.1. The van der Waals surface area contributed by atoms with E-state index in [0.717, 1.165) is 12.8 Å². The summed E-state index contributed by atoms with van der Waals surface area (Å²) in [6, 6.07) is 3.53. The summed E-state index contributed by atoms with van der Waals surface area (Å²) in [5.74, 6) is 0.186. The maximum Gasteiger partial charge on any atom is 0.404 e. The van der Waals surface area contributed by atoms with Crippen molar-refractivity contribution in [3.63, 3.8) is 0 Å². The molecule has 26 heavy (non-hydrogen) atoms. The Kier molecular flexibility index (Phi) is 5.96. The van der Waals surface area contributed by atoms with E-state index < -0.39 is 6.09 Å². The molecule has 0 saturated heterocycles. The molecule has 136 valence electrons. The minimum Gasteiger partial charge on any atom is -0.465 e. The summed E-state index contributed by atoms with van der Waals surface area (Å²) >= 11 is 1.37. The van der Waals surface area contributed by atoms with Gasteiger partial charge < -0.3 is 10.4 Å². The quantitative estimate of drug-likeness (QED) is 0.673. The number of anilines is 1. The molecule has 0 unspecified atom stereocenters. The molecule has 7 nitrogen and oxygen atoms in total. The number of allylic oxidation sites excluding steroid dienone is 1. The van der Waals surface area contributed by atoms with E-state index in [1.165, 1.54) is 24.2 Å². The molecule has 0 bridgehead atoms. The molecular formula is C18H20N4O3S. The van der Waals surface area contributed by atoms with E-state index in [-0.39, 0.29) is 12.5 Å². The number of hydrogen-bond acceptors (Lipinski definition) is 5. The summed E-state index contributed by atoms with van der Waals surface area (Å²) in [6.45, 7) is 0.128. The van der Waals surface area contributed by atoms with Gasteiger partial charge in [0.25, 0.3) is 5.91 Å². The van der Waals surface area contributed by atoms with Crippen LogP contribution in [0.2, 0.25) is 0 Å². The Hall–Kier alpha value is -2.74. The predicted octanol–water partition coefficient (Wildman–Crippen LogP) is 3.52. The molecule has 1 fully saturated rings. The SMILES string of the molecule is O=C(O)NCc1ccc(C(=CC2CCCC2)C(=O)Nc2nccs2)cn1. The molecule has 1 saturated carbocycles. The monoisotopic (exact) mass is 372 g/mol. The average Bonchev–Trinajstić information content (AvgIpc) is 3.32. The number of carboxylic acid groups (broad SMARTS) is 1. The van der Waals surface area contributed by atoms with Crippen LogP contribution in [-0.4, -0.2) is 27.1 Å². The minimum absolute atomic E-state index is 0.128. The first-order chi connectivity index (χ1) is 12.6. The van der Waals surface area contributed by atoms with Crippen molar-refractivity contribution in [1.82, 2.24) is 15.3 Å². The van der Waals surface area contributed by atoms with Crippen molar-refractivity contribution in [2.75, 3.05) is 5.32 Å². The van der Waals surface area contributed by atoms with Gasteiger partial charge in [-0.05, 0) is 24.8 Å². The van der Waals surface area contributed by atoms with Crippen molar-refractivity contribution in [2.45, 2.75) is 32.2 Å². The van der Waals surface area contributed by atoms with Crippen molar-refractivity contribution in [3.05, 3.63) is 47.2 Å². The third-order valence-electron chi connectivity index (χ3n) is 4.26. The van der Waals surface area contributed by atoms with Gasteiger partial charge in [0.1, 0.15) is 0 Å². The van der Waals surface area contributed by atoms with Crippen LogP contribution < -0.4 is 10.6 Å². The van der Waals surface area contributed by atoms with Crippen LogP contribution in [0.15, 0.2) is 36.0 Å². The van der Waals surface area contributed by atoms with Crippen LogP contribution >= 0.6 is 11.3 Å². The third-order valence-corrected chi connectivity index (χ3v) is 4.94. The molecule has 0 aliphatic heterocycles. The van der Waals surface area contributed by atoms with Crippen LogP contribution in [0.4, 0.5) is 9.93 Å². The summed E-state index contributed by atoms with van der Waals surface area (Å²) in [7, 11) is 0. The molecule has 1 aliphatic rings. The Balaban J connectivity index is 1.80. The van der Waals surface area contributed by atoms with Gasteiger partial charge in [-0.3, -0.25) is 15.1 Å². The third kappa shape index (κ3) is 4.89. The number of pyridine rings is 1. The molecule has 2 heterocycles. The molecule has 3 rings (SSSR count). The molecular weight excluding hydrogens is 352 g/mol. The second kappa shape index (κ2) is 8.57. The van der Waals surface area contributed by atoms with Gasteiger partial charge in [-0.2, -0.15) is 0 Å². The zero-order valence-electron chi connectivity index (χ0n) is 14.1. The molecule has 3 N–H and O–H groups in total. The molecule has 8 heteroatoms. The van der Waals surface area contributed by atoms with Gasteiger partial charge in [0.2, 0.25) is 0 Å². The molecule has 0 radical (unpaired) electrons. The largest absolute Gasteiger partial charge is 0.465 e. The second-order valence-electron chi connectivity index (χ2n) is 6.11. The highest BCUT2D eigenvalue weighted by Gasteiger charge is 2.19. The lowest BCUT2D eigenvalue weighted by atomic mass is 9.99. The molecule has 2 amide bonds. The van der Waals surface area contributed by atoms with Crippen molar-refractivity contribution in [2.24, 2.45) is 5.92 Å². The standard InChI is InChI=1S/C18H20N4O3S/c23-16(22-17-19-7-8-26-17)15(9-12-3-1-2-4-12)13-5-6-14(20-10-13)11-21-18(24)25/h5-10,12,21H,1-4,11H2,(H,24,25)(H,19,22,23). The number of carbonyl (C=O) groups excluding carboxylic acids is 1. The van der Waals surface area contributed by atoms with Crippen molar-refractivity contribution >= 4 is 34.0 Å². The lowest BCUT2D eigenvalue weighted by molar-refractivity contribution is -0.111. The van der Waals surface area contributed by atoms with Gasteiger partial charge in [0, 0.05) is 28.9 Å². The zero-order chi connectivity index (χ0) is 18.4. The van der Waals surface area contributed by atoms with E-state index in [1.807, 2.05) is 11.5 Å². The fourth-order valence-corrected chi connectivity index (χ4v) is 3.49. The number of nitrogens with zero attached hydrogens (tertiary/aromatic N) is 2. The average molecular weight is 372 g/mol. The van der Waals surface area contributed by atoms with E-state index in [1.54, 1.807) is 24.5 Å². The fourth-order valence-electron chi connectivity index (χ4n) is 2.97. The molecule has 0 atom stereocenters. The number of nitrogens with one attached hydrogen (secondary N) is 2. The van der Waals surface area contributed by atoms with Gasteiger partial charge in [0.15, 0.2) is 5.13 Å². The van der Waals surface area contributed by atoms with E-state index in [9.17, 15) is 9.59 Å². The smallest absolute Gasteiger partial charge is 0.404 e. The number of amides is 2. The Morgan fingerprint density at radius 2 is 2.08 bits per heavy atom. The zero-order valence-corrected chi connectivity index (χ0v) is 15.0. The lowest BCUT2D eigenvalue weighted by Crippen LogP contribution is -2.20. The highest BCUT2D eigenvalue weighted by molar-refractivity contribution is 7.13. The Labute approximate surface area is 155 Å². The number of aromatic nitrogens is 2.